The van der Waals surface area contributed by atoms with Gasteiger partial charge in [0.05, 0.1) is 33.9 Å². The van der Waals surface area contributed by atoms with E-state index in [0.717, 1.165) is 21.7 Å². The number of anilines is 1. The van der Waals surface area contributed by atoms with E-state index in [2.05, 4.69) is 20.9 Å². The normalized spacial score (nSPS) is 17.4. The summed E-state index contributed by atoms with van der Waals surface area (Å²) in [5.41, 5.74) is 16.1. The maximum absolute atomic E-state index is 15.1. The van der Waals surface area contributed by atoms with Gasteiger partial charge >= 0.3 is 0 Å². The van der Waals surface area contributed by atoms with Crippen LogP contribution in [0.15, 0.2) is 48.0 Å². The number of unbranched alkanes of at least 4 members (excludes halogenated alkanes) is 2. The fourth-order valence-corrected chi connectivity index (χ4v) is 7.42. The van der Waals surface area contributed by atoms with E-state index < -0.39 is 35.4 Å². The number of aryl methyl sites for hydroxylation is 2. The van der Waals surface area contributed by atoms with E-state index in [-0.39, 0.29) is 55.5 Å². The second kappa shape index (κ2) is 19.3. The van der Waals surface area contributed by atoms with Gasteiger partial charge < -0.3 is 37.4 Å². The summed E-state index contributed by atoms with van der Waals surface area (Å²) in [6.07, 6.45) is 2.34. The molecule has 0 saturated carbocycles. The SMILES string of the molecule is Cc1ncsc1-c1ccc([C@H](C)NC(=O)[C@@H]2C[C@@H](O)CN2C(=O)[C@@H](NC(=O)CCCCCc2cccc(NC[C@@H](N)CCC(N)=O)c2F)C(C)(C)C)cc1. The molecule has 1 aliphatic rings. The number of thiazole rings is 1. The minimum Gasteiger partial charge on any atom is -0.391 e. The molecule has 5 atom stereocenters. The van der Waals surface area contributed by atoms with Crippen LogP contribution < -0.4 is 27.4 Å². The Morgan fingerprint density at radius 2 is 1.78 bits per heavy atom. The molecule has 0 unspecified atom stereocenters. The molecule has 1 aromatic heterocycles. The molecule has 12 nitrogen and oxygen atoms in total. The van der Waals surface area contributed by atoms with E-state index in [4.69, 9.17) is 11.5 Å². The highest BCUT2D eigenvalue weighted by Gasteiger charge is 2.44. The Kier molecular flexibility index (Phi) is 15.1. The average molecular weight is 766 g/mol. The number of likely N-dealkylation sites (tertiary alicyclic amines) is 1. The molecule has 4 rings (SSSR count). The second-order valence-electron chi connectivity index (χ2n) is 15.4. The predicted octanol–water partition coefficient (Wildman–Crippen LogP) is 4.74. The number of rotatable bonds is 18. The van der Waals surface area contributed by atoms with Gasteiger partial charge in [-0.05, 0) is 67.7 Å². The number of carbonyl (C=O) groups excluding carboxylic acids is 4. The zero-order chi connectivity index (χ0) is 39.6. The summed E-state index contributed by atoms with van der Waals surface area (Å²) < 4.78 is 15.1. The maximum Gasteiger partial charge on any atom is 0.246 e. The minimum absolute atomic E-state index is 0.00791. The lowest BCUT2D eigenvalue weighted by atomic mass is 9.85. The first-order valence-corrected chi connectivity index (χ1v) is 19.6. The number of hydrogen-bond acceptors (Lipinski definition) is 9. The third kappa shape index (κ3) is 11.8. The summed E-state index contributed by atoms with van der Waals surface area (Å²) in [4.78, 5) is 58.5. The van der Waals surface area contributed by atoms with Crippen LogP contribution in [0.2, 0.25) is 0 Å². The van der Waals surface area contributed by atoms with Gasteiger partial charge in [-0.15, -0.1) is 11.3 Å². The third-order valence-corrected chi connectivity index (χ3v) is 10.8. The molecule has 2 aromatic carbocycles. The molecule has 0 spiro atoms. The number of amides is 4. The van der Waals surface area contributed by atoms with E-state index in [0.29, 0.717) is 49.9 Å². The van der Waals surface area contributed by atoms with E-state index in [1.54, 1.807) is 29.5 Å². The molecule has 294 valence electrons. The van der Waals surface area contributed by atoms with Crippen LogP contribution in [-0.4, -0.2) is 75.9 Å². The van der Waals surface area contributed by atoms with Gasteiger partial charge in [-0.3, -0.25) is 19.2 Å². The molecule has 0 aliphatic carbocycles. The summed E-state index contributed by atoms with van der Waals surface area (Å²) in [6.45, 7) is 9.69. The first-order valence-electron chi connectivity index (χ1n) is 18.7. The molecule has 1 aliphatic heterocycles. The number of nitrogens with two attached hydrogens (primary N) is 2. The van der Waals surface area contributed by atoms with Crippen molar-refractivity contribution in [3.63, 3.8) is 0 Å². The minimum atomic E-state index is -0.918. The molecule has 4 amide bonds. The summed E-state index contributed by atoms with van der Waals surface area (Å²) in [5, 5.41) is 19.5. The molecule has 8 N–H and O–H groups in total. The second-order valence-corrected chi connectivity index (χ2v) is 16.2. The van der Waals surface area contributed by atoms with Crippen LogP contribution in [0.1, 0.15) is 95.5 Å². The van der Waals surface area contributed by atoms with Gasteiger partial charge in [-0.2, -0.15) is 0 Å². The number of nitrogens with zero attached hydrogens (tertiary/aromatic N) is 2. The van der Waals surface area contributed by atoms with Crippen LogP contribution in [0, 0.1) is 18.2 Å². The number of carbonyl (C=O) groups is 4. The largest absolute Gasteiger partial charge is 0.391 e. The average Bonchev–Trinajstić information content (AvgIpc) is 3.74. The highest BCUT2D eigenvalue weighted by molar-refractivity contribution is 7.13. The number of primary amides is 1. The fourth-order valence-electron chi connectivity index (χ4n) is 6.61. The van der Waals surface area contributed by atoms with E-state index in [1.807, 2.05) is 64.4 Å². The highest BCUT2D eigenvalue weighted by atomic mass is 32.1. The van der Waals surface area contributed by atoms with E-state index in [1.165, 1.54) is 4.90 Å². The topological polar surface area (TPSA) is 193 Å². The number of aromatic nitrogens is 1. The monoisotopic (exact) mass is 765 g/mol. The van der Waals surface area contributed by atoms with Gasteiger partial charge in [0, 0.05) is 38.4 Å². The zero-order valence-corrected chi connectivity index (χ0v) is 32.8. The summed E-state index contributed by atoms with van der Waals surface area (Å²) in [7, 11) is 0. The van der Waals surface area contributed by atoms with E-state index in [9.17, 15) is 24.3 Å². The van der Waals surface area contributed by atoms with Crippen molar-refractivity contribution in [1.82, 2.24) is 20.5 Å². The van der Waals surface area contributed by atoms with Gasteiger partial charge in [0.1, 0.15) is 17.9 Å². The molecule has 0 bridgehead atoms. The van der Waals surface area contributed by atoms with Gasteiger partial charge in [-0.25, -0.2) is 9.37 Å². The zero-order valence-electron chi connectivity index (χ0n) is 32.0. The number of benzene rings is 2. The third-order valence-electron chi connectivity index (χ3n) is 9.81. The number of hydrogen-bond donors (Lipinski definition) is 6. The number of aliphatic hydroxyl groups excluding tert-OH is 1. The molecule has 2 heterocycles. The standard InChI is InChI=1S/C40H56FN7O5S/c1-24(26-14-16-28(17-15-26)36-25(2)45-23-54-36)46-38(52)32-20-30(49)22-48(32)39(53)37(40(3,4)5)47-34(51)13-8-6-7-10-27-11-9-12-31(35(27)41)44-21-29(42)18-19-33(43)50/h9,11-12,14-17,23-24,29-30,32,37,44,49H,6-8,10,13,18-22,42H2,1-5H3,(H2,43,50)(H,46,52)(H,47,51)/t24-,29-,30+,32-,37+/m0/s1. The van der Waals surface area contributed by atoms with Crippen LogP contribution in [-0.2, 0) is 25.6 Å². The van der Waals surface area contributed by atoms with Crippen LogP contribution in [0.5, 0.6) is 0 Å². The Bertz CT molecular complexity index is 1740. The molecular weight excluding hydrogens is 710 g/mol. The molecule has 3 aromatic rings. The van der Waals surface area contributed by atoms with Crippen molar-refractivity contribution in [2.45, 2.75) is 116 Å². The van der Waals surface area contributed by atoms with Crippen LogP contribution in [0.4, 0.5) is 10.1 Å². The molecule has 1 saturated heterocycles. The van der Waals surface area contributed by atoms with Crippen molar-refractivity contribution < 1.29 is 28.7 Å². The van der Waals surface area contributed by atoms with Crippen molar-refractivity contribution >= 4 is 40.7 Å². The number of nitrogens with one attached hydrogen (secondary N) is 3. The lowest BCUT2D eigenvalue weighted by Gasteiger charge is -2.35. The van der Waals surface area contributed by atoms with Crippen LogP contribution in [0.3, 0.4) is 0 Å². The van der Waals surface area contributed by atoms with Gasteiger partial charge in [0.25, 0.3) is 0 Å². The Morgan fingerprint density at radius 3 is 2.43 bits per heavy atom. The Hall–Kier alpha value is -4.40. The predicted molar refractivity (Wildman–Crippen MR) is 210 cm³/mol. The smallest absolute Gasteiger partial charge is 0.246 e. The highest BCUT2D eigenvalue weighted by Crippen LogP contribution is 2.30. The van der Waals surface area contributed by atoms with Crippen molar-refractivity contribution in [2.75, 3.05) is 18.4 Å². The molecule has 1 fully saturated rings. The van der Waals surface area contributed by atoms with Gasteiger partial charge in [-0.1, -0.05) is 63.6 Å². The Labute approximate surface area is 321 Å². The quantitative estimate of drug-likeness (QED) is 0.100. The first kappa shape index (κ1) is 42.3. The number of halogens is 1. The van der Waals surface area contributed by atoms with Crippen LogP contribution in [0.25, 0.3) is 10.4 Å². The summed E-state index contributed by atoms with van der Waals surface area (Å²) in [5.74, 6) is -1.85. The van der Waals surface area contributed by atoms with Crippen molar-refractivity contribution in [1.29, 1.82) is 0 Å². The van der Waals surface area contributed by atoms with Crippen molar-refractivity contribution in [3.8, 4) is 10.4 Å². The van der Waals surface area contributed by atoms with E-state index >= 15 is 4.39 Å². The lowest BCUT2D eigenvalue weighted by molar-refractivity contribution is -0.144. The molecule has 54 heavy (non-hydrogen) atoms. The Morgan fingerprint density at radius 1 is 1.06 bits per heavy atom. The van der Waals surface area contributed by atoms with Crippen LogP contribution >= 0.6 is 11.3 Å². The number of aliphatic hydroxyl groups is 1. The first-order chi connectivity index (χ1) is 25.5. The van der Waals surface area contributed by atoms with Gasteiger partial charge in [0.2, 0.25) is 23.6 Å². The molecule has 0 radical (unpaired) electrons. The lowest BCUT2D eigenvalue weighted by Crippen LogP contribution is -2.57. The summed E-state index contributed by atoms with van der Waals surface area (Å²) in [6, 6.07) is 10.6. The molecular formula is C40H56FN7O5S. The summed E-state index contributed by atoms with van der Waals surface area (Å²) >= 11 is 1.57. The maximum atomic E-state index is 15.1. The Balaban J connectivity index is 1.27. The molecule has 14 heteroatoms. The van der Waals surface area contributed by atoms with Gasteiger partial charge in [0.15, 0.2) is 0 Å². The van der Waals surface area contributed by atoms with Crippen molar-refractivity contribution in [2.24, 2.45) is 16.9 Å². The fraction of sp³-hybridized carbons (Fsp3) is 0.525. The van der Waals surface area contributed by atoms with Crippen molar-refractivity contribution in [3.05, 3.63) is 70.6 Å². The number of β-amino-alcohol motifs (C(OH)–C–C–N with tert-alkyl or cyclic N) is 1.